The largest absolute Gasteiger partial charge is 0.488 e. The van der Waals surface area contributed by atoms with Crippen LogP contribution in [0.15, 0.2) is 24.3 Å². The normalized spacial score (nSPS) is 12.1. The van der Waals surface area contributed by atoms with Gasteiger partial charge < -0.3 is 20.9 Å². The average molecular weight is 284 g/mol. The molecule has 20 heavy (non-hydrogen) atoms. The fourth-order valence-electron chi connectivity index (χ4n) is 1.62. The summed E-state index contributed by atoms with van der Waals surface area (Å²) in [5.41, 5.74) is 5.02. The van der Waals surface area contributed by atoms with Crippen molar-refractivity contribution in [3.05, 3.63) is 30.1 Å². The molecule has 1 unspecified atom stereocenters. The average Bonchev–Trinajstić information content (AvgIpc) is 2.41. The molecule has 1 aromatic rings. The van der Waals surface area contributed by atoms with E-state index in [2.05, 4.69) is 5.32 Å². The van der Waals surface area contributed by atoms with E-state index in [1.54, 1.807) is 12.1 Å². The smallest absolute Gasteiger partial charge is 0.217 e. The maximum atomic E-state index is 13.2. The number of benzene rings is 1. The van der Waals surface area contributed by atoms with Gasteiger partial charge >= 0.3 is 0 Å². The van der Waals surface area contributed by atoms with Crippen LogP contribution in [0.25, 0.3) is 0 Å². The molecule has 1 atom stereocenters. The molecule has 0 aromatic heterocycles. The minimum absolute atomic E-state index is 0.0230. The monoisotopic (exact) mass is 284 g/mol. The van der Waals surface area contributed by atoms with Crippen LogP contribution in [0.2, 0.25) is 0 Å². The molecule has 0 saturated heterocycles. The van der Waals surface area contributed by atoms with E-state index in [-0.39, 0.29) is 18.3 Å². The van der Waals surface area contributed by atoms with Crippen molar-refractivity contribution in [1.82, 2.24) is 5.32 Å². The van der Waals surface area contributed by atoms with Crippen molar-refractivity contribution < 1.29 is 19.0 Å². The Hall–Kier alpha value is -1.66. The van der Waals surface area contributed by atoms with E-state index in [9.17, 15) is 14.3 Å². The summed E-state index contributed by atoms with van der Waals surface area (Å²) in [5.74, 6) is -0.615. The zero-order valence-corrected chi connectivity index (χ0v) is 11.3. The molecule has 4 N–H and O–H groups in total. The van der Waals surface area contributed by atoms with E-state index in [0.717, 1.165) is 12.8 Å². The van der Waals surface area contributed by atoms with Gasteiger partial charge in [-0.2, -0.15) is 0 Å². The second-order valence-electron chi connectivity index (χ2n) is 4.52. The van der Waals surface area contributed by atoms with Crippen molar-refractivity contribution in [2.24, 2.45) is 5.73 Å². The first kappa shape index (κ1) is 16.4. The molecule has 6 heteroatoms. The van der Waals surface area contributed by atoms with Crippen molar-refractivity contribution in [2.75, 3.05) is 19.7 Å². The number of unbranched alkanes of at least 4 members (excludes halogenated alkanes) is 1. The highest BCUT2D eigenvalue weighted by Crippen LogP contribution is 2.15. The second-order valence-corrected chi connectivity index (χ2v) is 4.52. The van der Waals surface area contributed by atoms with Gasteiger partial charge in [-0.3, -0.25) is 4.79 Å². The summed E-state index contributed by atoms with van der Waals surface area (Å²) in [4.78, 5) is 10.5. The van der Waals surface area contributed by atoms with Gasteiger partial charge in [-0.15, -0.1) is 0 Å². The predicted octanol–water partition coefficient (Wildman–Crippen LogP) is 0.811. The number of hydrogen-bond acceptors (Lipinski definition) is 4. The molecule has 0 spiro atoms. The Balaban J connectivity index is 2.07. The first-order valence-electron chi connectivity index (χ1n) is 6.64. The standard InChI is InChI=1S/C14H21FN2O3/c15-12-5-1-2-6-13(12)20-10-11(18)9-17-8-4-3-7-14(16)19/h1-2,5-6,11,17-18H,3-4,7-10H2,(H2,16,19). The van der Waals surface area contributed by atoms with Crippen LogP contribution in [-0.4, -0.2) is 36.8 Å². The minimum atomic E-state index is -0.717. The summed E-state index contributed by atoms with van der Waals surface area (Å²) in [5, 5.41) is 12.7. The number of amides is 1. The van der Waals surface area contributed by atoms with Gasteiger partial charge in [0.15, 0.2) is 11.6 Å². The van der Waals surface area contributed by atoms with Gasteiger partial charge in [0.2, 0.25) is 5.91 Å². The zero-order valence-electron chi connectivity index (χ0n) is 11.3. The zero-order chi connectivity index (χ0) is 14.8. The molecule has 0 fully saturated rings. The third kappa shape index (κ3) is 7.06. The number of carbonyl (C=O) groups is 1. The van der Waals surface area contributed by atoms with Crippen molar-refractivity contribution in [1.29, 1.82) is 0 Å². The lowest BCUT2D eigenvalue weighted by Crippen LogP contribution is -2.32. The van der Waals surface area contributed by atoms with Crippen LogP contribution in [0, 0.1) is 5.82 Å². The SMILES string of the molecule is NC(=O)CCCCNCC(O)COc1ccccc1F. The Morgan fingerprint density at radius 1 is 1.40 bits per heavy atom. The van der Waals surface area contributed by atoms with Gasteiger partial charge in [-0.05, 0) is 31.5 Å². The van der Waals surface area contributed by atoms with Crippen molar-refractivity contribution in [2.45, 2.75) is 25.4 Å². The fourth-order valence-corrected chi connectivity index (χ4v) is 1.62. The Morgan fingerprint density at radius 3 is 2.85 bits per heavy atom. The maximum Gasteiger partial charge on any atom is 0.217 e. The van der Waals surface area contributed by atoms with E-state index in [1.807, 2.05) is 0 Å². The van der Waals surface area contributed by atoms with Gasteiger partial charge in [-0.1, -0.05) is 12.1 Å². The molecule has 0 saturated carbocycles. The summed E-state index contributed by atoms with van der Waals surface area (Å²) in [6.07, 6.45) is 1.19. The number of aliphatic hydroxyl groups is 1. The van der Waals surface area contributed by atoms with E-state index < -0.39 is 11.9 Å². The number of aliphatic hydroxyl groups excluding tert-OH is 1. The number of para-hydroxylation sites is 1. The van der Waals surface area contributed by atoms with E-state index in [0.29, 0.717) is 19.5 Å². The van der Waals surface area contributed by atoms with Gasteiger partial charge in [-0.25, -0.2) is 4.39 Å². The van der Waals surface area contributed by atoms with Crippen LogP contribution >= 0.6 is 0 Å². The van der Waals surface area contributed by atoms with Crippen LogP contribution in [0.3, 0.4) is 0 Å². The number of nitrogens with two attached hydrogens (primary N) is 1. The molecule has 5 nitrogen and oxygen atoms in total. The van der Waals surface area contributed by atoms with Crippen molar-refractivity contribution >= 4 is 5.91 Å². The van der Waals surface area contributed by atoms with Crippen LogP contribution < -0.4 is 15.8 Å². The van der Waals surface area contributed by atoms with E-state index in [4.69, 9.17) is 10.5 Å². The number of rotatable bonds is 10. The summed E-state index contributed by atoms with van der Waals surface area (Å²) >= 11 is 0. The van der Waals surface area contributed by atoms with Gasteiger partial charge in [0.1, 0.15) is 12.7 Å². The predicted molar refractivity (Wildman–Crippen MR) is 73.8 cm³/mol. The van der Waals surface area contributed by atoms with Crippen LogP contribution in [-0.2, 0) is 4.79 Å². The van der Waals surface area contributed by atoms with Gasteiger partial charge in [0.25, 0.3) is 0 Å². The van der Waals surface area contributed by atoms with Crippen LogP contribution in [0.1, 0.15) is 19.3 Å². The molecular weight excluding hydrogens is 263 g/mol. The Labute approximate surface area is 117 Å². The summed E-state index contributed by atoms with van der Waals surface area (Å²) in [6, 6.07) is 6.06. The maximum absolute atomic E-state index is 13.2. The molecule has 0 aliphatic heterocycles. The highest BCUT2D eigenvalue weighted by atomic mass is 19.1. The Morgan fingerprint density at radius 2 is 2.15 bits per heavy atom. The molecule has 0 aliphatic rings. The van der Waals surface area contributed by atoms with Crippen molar-refractivity contribution in [3.63, 3.8) is 0 Å². The Kier molecular flexibility index (Phi) is 7.60. The number of carbonyl (C=O) groups excluding carboxylic acids is 1. The summed E-state index contributed by atoms with van der Waals surface area (Å²) in [6.45, 7) is 1.06. The summed E-state index contributed by atoms with van der Waals surface area (Å²) < 4.78 is 18.4. The number of primary amides is 1. The third-order valence-corrected chi connectivity index (χ3v) is 2.67. The van der Waals surface area contributed by atoms with Gasteiger partial charge in [0.05, 0.1) is 0 Å². The Bertz CT molecular complexity index is 415. The van der Waals surface area contributed by atoms with E-state index >= 15 is 0 Å². The lowest BCUT2D eigenvalue weighted by molar-refractivity contribution is -0.118. The highest BCUT2D eigenvalue weighted by Gasteiger charge is 2.07. The molecule has 0 aliphatic carbocycles. The van der Waals surface area contributed by atoms with Gasteiger partial charge in [0, 0.05) is 13.0 Å². The van der Waals surface area contributed by atoms with Crippen LogP contribution in [0.5, 0.6) is 5.75 Å². The molecule has 1 rings (SSSR count). The number of hydrogen-bond donors (Lipinski definition) is 3. The minimum Gasteiger partial charge on any atom is -0.488 e. The number of halogens is 1. The second kappa shape index (κ2) is 9.28. The quantitative estimate of drug-likeness (QED) is 0.555. The third-order valence-electron chi connectivity index (χ3n) is 2.67. The first-order valence-corrected chi connectivity index (χ1v) is 6.64. The topological polar surface area (TPSA) is 84.6 Å². The molecule has 0 heterocycles. The number of ether oxygens (including phenoxy) is 1. The highest BCUT2D eigenvalue weighted by molar-refractivity contribution is 5.73. The van der Waals surface area contributed by atoms with E-state index in [1.165, 1.54) is 12.1 Å². The molecular formula is C14H21FN2O3. The lowest BCUT2D eigenvalue weighted by atomic mass is 10.2. The summed E-state index contributed by atoms with van der Waals surface area (Å²) in [7, 11) is 0. The fraction of sp³-hybridized carbons (Fsp3) is 0.500. The first-order chi connectivity index (χ1) is 9.59. The lowest BCUT2D eigenvalue weighted by Gasteiger charge is -2.13. The molecule has 1 aromatic carbocycles. The molecule has 0 bridgehead atoms. The van der Waals surface area contributed by atoms with Crippen molar-refractivity contribution in [3.8, 4) is 5.75 Å². The molecule has 1 amide bonds. The molecule has 0 radical (unpaired) electrons. The number of nitrogens with one attached hydrogen (secondary N) is 1. The molecule has 112 valence electrons. The van der Waals surface area contributed by atoms with Crippen LogP contribution in [0.4, 0.5) is 4.39 Å².